The number of ether oxygens (including phenoxy) is 1. The molecule has 4 aromatic rings. The maximum Gasteiger partial charge on any atom is 0.490 e. The summed E-state index contributed by atoms with van der Waals surface area (Å²) in [5.74, 6) is -2.14. The number of anilines is 1. The molecule has 0 aliphatic heterocycles. The summed E-state index contributed by atoms with van der Waals surface area (Å²) in [5.41, 5.74) is 8.15. The summed E-state index contributed by atoms with van der Waals surface area (Å²) in [4.78, 5) is 30.1. The molecule has 0 amide bonds. The van der Waals surface area contributed by atoms with Crippen LogP contribution in [0.5, 0.6) is 5.75 Å². The van der Waals surface area contributed by atoms with E-state index >= 15 is 0 Å². The number of hydrogen-bond donors (Lipinski definition) is 2. The second-order valence-electron chi connectivity index (χ2n) is 6.96. The number of rotatable bonds is 4. The molecule has 0 saturated carbocycles. The predicted octanol–water partition coefficient (Wildman–Crippen LogP) is 2.97. The fourth-order valence-electron chi connectivity index (χ4n) is 2.81. The molecular formula is C21H17ClF3N7O4. The van der Waals surface area contributed by atoms with Crippen LogP contribution < -0.4 is 16.0 Å². The zero-order valence-corrected chi connectivity index (χ0v) is 19.3. The number of carbonyl (C=O) groups is 1. The Morgan fingerprint density at radius 3 is 2.44 bits per heavy atom. The van der Waals surface area contributed by atoms with Crippen molar-refractivity contribution in [3.63, 3.8) is 0 Å². The van der Waals surface area contributed by atoms with E-state index in [1.54, 1.807) is 41.3 Å². The Balaban J connectivity index is 0.000000454. The number of hydrogen-bond acceptors (Lipinski definition) is 8. The first-order chi connectivity index (χ1) is 16.9. The second-order valence-corrected chi connectivity index (χ2v) is 7.33. The topological polar surface area (TPSA) is 151 Å². The fourth-order valence-corrected chi connectivity index (χ4v) is 3.09. The Kier molecular flexibility index (Phi) is 7.58. The normalized spacial score (nSPS) is 10.9. The van der Waals surface area contributed by atoms with Gasteiger partial charge in [0, 0.05) is 24.9 Å². The van der Waals surface area contributed by atoms with Gasteiger partial charge in [0.15, 0.2) is 5.82 Å². The van der Waals surface area contributed by atoms with Gasteiger partial charge in [0.1, 0.15) is 22.2 Å². The Morgan fingerprint density at radius 2 is 1.86 bits per heavy atom. The first-order valence-electron chi connectivity index (χ1n) is 9.77. The molecule has 0 unspecified atom stereocenters. The van der Waals surface area contributed by atoms with E-state index < -0.39 is 12.1 Å². The molecule has 188 valence electrons. The van der Waals surface area contributed by atoms with Crippen molar-refractivity contribution >= 4 is 23.4 Å². The minimum atomic E-state index is -5.08. The van der Waals surface area contributed by atoms with Crippen LogP contribution in [0.2, 0.25) is 5.02 Å². The van der Waals surface area contributed by atoms with Gasteiger partial charge in [-0.15, -0.1) is 0 Å². The largest absolute Gasteiger partial charge is 0.495 e. The molecule has 3 heterocycles. The minimum Gasteiger partial charge on any atom is -0.495 e. The van der Waals surface area contributed by atoms with E-state index in [1.165, 1.54) is 17.9 Å². The van der Waals surface area contributed by atoms with E-state index in [4.69, 9.17) is 32.0 Å². The lowest BCUT2D eigenvalue weighted by atomic mass is 10.2. The SMILES string of the molecule is COc1cccc(-n2nc(-c3nc(-c4cnn(C)c4)cnc3N)ccc2=O)c1Cl.O=C(O)C(F)(F)F. The van der Waals surface area contributed by atoms with E-state index in [-0.39, 0.29) is 16.4 Å². The lowest BCUT2D eigenvalue weighted by Crippen LogP contribution is -2.21. The van der Waals surface area contributed by atoms with Crippen LogP contribution in [0.3, 0.4) is 0 Å². The van der Waals surface area contributed by atoms with Gasteiger partial charge in [-0.2, -0.15) is 28.1 Å². The lowest BCUT2D eigenvalue weighted by molar-refractivity contribution is -0.192. The Labute approximate surface area is 205 Å². The van der Waals surface area contributed by atoms with E-state index in [0.29, 0.717) is 28.5 Å². The molecule has 0 atom stereocenters. The highest BCUT2D eigenvalue weighted by Crippen LogP contribution is 2.30. The monoisotopic (exact) mass is 523 g/mol. The number of carboxylic acid groups (broad SMARTS) is 1. The molecule has 0 aliphatic rings. The zero-order valence-electron chi connectivity index (χ0n) is 18.6. The third kappa shape index (κ3) is 5.78. The van der Waals surface area contributed by atoms with Crippen LogP contribution in [0.15, 0.2) is 53.7 Å². The number of aromatic nitrogens is 6. The van der Waals surface area contributed by atoms with Crippen LogP contribution in [0.25, 0.3) is 28.3 Å². The summed E-state index contributed by atoms with van der Waals surface area (Å²) in [6, 6.07) is 8.00. The number of aryl methyl sites for hydroxylation is 1. The molecule has 0 fully saturated rings. The van der Waals surface area contributed by atoms with E-state index in [1.807, 2.05) is 13.2 Å². The minimum absolute atomic E-state index is 0.187. The average Bonchev–Trinajstić information content (AvgIpc) is 3.26. The van der Waals surface area contributed by atoms with Crippen molar-refractivity contribution in [2.45, 2.75) is 6.18 Å². The molecule has 0 bridgehead atoms. The lowest BCUT2D eigenvalue weighted by Gasteiger charge is -2.11. The van der Waals surface area contributed by atoms with Gasteiger partial charge in [0.25, 0.3) is 5.56 Å². The van der Waals surface area contributed by atoms with Gasteiger partial charge >= 0.3 is 12.1 Å². The van der Waals surface area contributed by atoms with Gasteiger partial charge in [-0.05, 0) is 18.2 Å². The van der Waals surface area contributed by atoms with Gasteiger partial charge in [-0.1, -0.05) is 17.7 Å². The summed E-state index contributed by atoms with van der Waals surface area (Å²) >= 11 is 6.37. The fraction of sp³-hybridized carbons (Fsp3) is 0.143. The number of methoxy groups -OCH3 is 1. The van der Waals surface area contributed by atoms with E-state index in [0.717, 1.165) is 5.56 Å². The number of nitrogens with two attached hydrogens (primary N) is 1. The standard InChI is InChI=1S/C19H16ClN7O2.C2HF3O2/c1-26-10-11(8-23-26)13-9-22-19(21)18(24-13)12-6-7-16(28)27(25-12)14-4-3-5-15(29-2)17(14)20;3-2(4,5)1(6)7/h3-10H,1-2H3,(H2,21,22);(H,6,7). The number of benzene rings is 1. The molecule has 0 saturated heterocycles. The van der Waals surface area contributed by atoms with Crippen molar-refractivity contribution in [1.29, 1.82) is 0 Å². The second kappa shape index (κ2) is 10.4. The number of alkyl halides is 3. The van der Waals surface area contributed by atoms with E-state index in [9.17, 15) is 18.0 Å². The van der Waals surface area contributed by atoms with Gasteiger partial charge in [-0.3, -0.25) is 9.48 Å². The molecule has 11 nitrogen and oxygen atoms in total. The number of halogens is 4. The highest BCUT2D eigenvalue weighted by Gasteiger charge is 2.38. The molecule has 0 spiro atoms. The van der Waals surface area contributed by atoms with Gasteiger partial charge < -0.3 is 15.6 Å². The van der Waals surface area contributed by atoms with Crippen LogP contribution >= 0.6 is 11.6 Å². The van der Waals surface area contributed by atoms with Crippen molar-refractivity contribution < 1.29 is 27.8 Å². The molecule has 3 N–H and O–H groups in total. The quantitative estimate of drug-likeness (QED) is 0.411. The van der Waals surface area contributed by atoms with Crippen LogP contribution in [0.4, 0.5) is 19.0 Å². The average molecular weight is 524 g/mol. The molecule has 3 aromatic heterocycles. The van der Waals surface area contributed by atoms with Crippen LogP contribution in [0, 0.1) is 0 Å². The summed E-state index contributed by atoms with van der Waals surface area (Å²) in [7, 11) is 3.31. The number of nitrogen functional groups attached to an aromatic ring is 1. The Hall–Kier alpha value is -4.46. The van der Waals surface area contributed by atoms with Crippen LogP contribution in [0.1, 0.15) is 0 Å². The molecular weight excluding hydrogens is 507 g/mol. The number of nitrogens with zero attached hydrogens (tertiary/aromatic N) is 6. The summed E-state index contributed by atoms with van der Waals surface area (Å²) < 4.78 is 39.8. The van der Waals surface area contributed by atoms with Crippen molar-refractivity contribution in [2.75, 3.05) is 12.8 Å². The number of carboxylic acids is 1. The summed E-state index contributed by atoms with van der Waals surface area (Å²) in [5, 5.41) is 15.9. The maximum absolute atomic E-state index is 12.5. The van der Waals surface area contributed by atoms with Gasteiger partial charge in [0.2, 0.25) is 0 Å². The molecule has 36 heavy (non-hydrogen) atoms. The highest BCUT2D eigenvalue weighted by atomic mass is 35.5. The zero-order chi connectivity index (χ0) is 26.6. The summed E-state index contributed by atoms with van der Waals surface area (Å²) in [6.45, 7) is 0. The first kappa shape index (κ1) is 26.2. The van der Waals surface area contributed by atoms with Crippen LogP contribution in [-0.2, 0) is 11.8 Å². The molecule has 0 radical (unpaired) electrons. The first-order valence-corrected chi connectivity index (χ1v) is 10.2. The highest BCUT2D eigenvalue weighted by molar-refractivity contribution is 6.33. The van der Waals surface area contributed by atoms with Crippen molar-refractivity contribution in [3.8, 4) is 34.1 Å². The molecule has 4 rings (SSSR count). The van der Waals surface area contributed by atoms with Crippen molar-refractivity contribution in [1.82, 2.24) is 29.5 Å². The Bertz CT molecular complexity index is 1470. The Morgan fingerprint density at radius 1 is 1.17 bits per heavy atom. The predicted molar refractivity (Wildman–Crippen MR) is 123 cm³/mol. The van der Waals surface area contributed by atoms with Crippen molar-refractivity contribution in [3.05, 3.63) is 64.3 Å². The molecule has 0 aliphatic carbocycles. The van der Waals surface area contributed by atoms with E-state index in [2.05, 4.69) is 20.2 Å². The van der Waals surface area contributed by atoms with Crippen molar-refractivity contribution in [2.24, 2.45) is 7.05 Å². The molecule has 15 heteroatoms. The third-order valence-electron chi connectivity index (χ3n) is 4.48. The smallest absolute Gasteiger partial charge is 0.490 e. The summed E-state index contributed by atoms with van der Waals surface area (Å²) in [6.07, 6.45) is -0.0342. The number of aliphatic carboxylic acids is 1. The van der Waals surface area contributed by atoms with Gasteiger partial charge in [-0.25, -0.2) is 14.8 Å². The molecule has 1 aromatic carbocycles. The van der Waals surface area contributed by atoms with Crippen LogP contribution in [-0.4, -0.2) is 53.9 Å². The maximum atomic E-state index is 12.5. The third-order valence-corrected chi connectivity index (χ3v) is 4.86. The van der Waals surface area contributed by atoms with Gasteiger partial charge in [0.05, 0.1) is 30.9 Å².